The van der Waals surface area contributed by atoms with Crippen molar-refractivity contribution < 1.29 is 5.48 Å². The molecule has 0 aliphatic carbocycles. The maximum Gasteiger partial charge on any atom is 0.0645 e. The molecule has 0 aliphatic rings. The van der Waals surface area contributed by atoms with Crippen molar-refractivity contribution in [2.24, 2.45) is 0 Å². The maximum atomic E-state index is 8.83. The summed E-state index contributed by atoms with van der Waals surface area (Å²) in [6, 6.07) is 40.9. The zero-order chi connectivity index (χ0) is 28.5. The zero-order valence-corrected chi connectivity index (χ0v) is 20.4. The van der Waals surface area contributed by atoms with E-state index in [0.717, 1.165) is 49.6 Å². The quantitative estimate of drug-likeness (QED) is 0.234. The summed E-state index contributed by atoms with van der Waals surface area (Å²) >= 11 is 0. The lowest BCUT2D eigenvalue weighted by molar-refractivity contribution is 1.17. The fraction of sp³-hybridized carbons (Fsp3) is 0. The van der Waals surface area contributed by atoms with Crippen LogP contribution < -0.4 is 0 Å². The fourth-order valence-corrected chi connectivity index (χ4v) is 5.77. The molecule has 0 N–H and O–H groups in total. The van der Waals surface area contributed by atoms with Crippen molar-refractivity contribution in [3.05, 3.63) is 145 Å². The smallest absolute Gasteiger partial charge is 0.0645 e. The first-order valence-corrected chi connectivity index (χ1v) is 12.7. The van der Waals surface area contributed by atoms with E-state index in [2.05, 4.69) is 89.5 Å². The van der Waals surface area contributed by atoms with Crippen LogP contribution in [0.1, 0.15) is 5.48 Å². The van der Waals surface area contributed by atoms with E-state index in [4.69, 9.17) is 5.48 Å². The van der Waals surface area contributed by atoms with E-state index in [1.54, 1.807) is 0 Å². The van der Waals surface area contributed by atoms with E-state index in [9.17, 15) is 0 Å². The molecule has 0 amide bonds. The van der Waals surface area contributed by atoms with Gasteiger partial charge in [0.25, 0.3) is 0 Å². The Balaban J connectivity index is 1.43. The molecule has 0 saturated heterocycles. The molecule has 38 heavy (non-hydrogen) atoms. The summed E-state index contributed by atoms with van der Waals surface area (Å²) in [6.07, 6.45) is 0. The third-order valence-electron chi connectivity index (χ3n) is 7.43. The lowest BCUT2D eigenvalue weighted by Crippen LogP contribution is -1.96. The highest BCUT2D eigenvalue weighted by molar-refractivity contribution is 6.12. The molecule has 6 aromatic carbocycles. The highest BCUT2D eigenvalue weighted by Crippen LogP contribution is 2.37. The Morgan fingerprint density at radius 1 is 0.395 bits per heavy atom. The average Bonchev–Trinajstić information content (AvgIpc) is 3.56. The van der Waals surface area contributed by atoms with Gasteiger partial charge in [-0.15, -0.1) is 0 Å². The van der Waals surface area contributed by atoms with Crippen molar-refractivity contribution in [1.82, 2.24) is 9.13 Å². The van der Waals surface area contributed by atoms with Crippen LogP contribution in [0.5, 0.6) is 0 Å². The summed E-state index contributed by atoms with van der Waals surface area (Å²) in [7, 11) is 0. The van der Waals surface area contributed by atoms with E-state index in [-0.39, 0.29) is 24.2 Å². The minimum atomic E-state index is -0.229. The molecular weight excluding hydrogens is 460 g/mol. The average molecular weight is 489 g/mol. The molecule has 0 fully saturated rings. The van der Waals surface area contributed by atoms with Gasteiger partial charge in [-0.1, -0.05) is 97.0 Å². The molecule has 178 valence electrons. The first-order chi connectivity index (χ1) is 20.5. The second kappa shape index (κ2) is 8.22. The molecule has 0 saturated carbocycles. The van der Waals surface area contributed by atoms with Gasteiger partial charge in [-0.25, -0.2) is 0 Å². The summed E-state index contributed by atoms with van der Waals surface area (Å²) < 4.78 is 38.5. The van der Waals surface area contributed by atoms with Crippen molar-refractivity contribution in [1.29, 1.82) is 0 Å². The van der Waals surface area contributed by atoms with Gasteiger partial charge in [-0.3, -0.25) is 0 Å². The number of rotatable bonds is 3. The fourth-order valence-electron chi connectivity index (χ4n) is 5.77. The predicted molar refractivity (Wildman–Crippen MR) is 161 cm³/mol. The molecular formula is C36H24N2. The van der Waals surface area contributed by atoms with Crippen LogP contribution in [0.3, 0.4) is 0 Å². The van der Waals surface area contributed by atoms with Crippen LogP contribution >= 0.6 is 0 Å². The summed E-state index contributed by atoms with van der Waals surface area (Å²) in [4.78, 5) is 0. The number of fused-ring (bicyclic) bond motifs is 6. The summed E-state index contributed by atoms with van der Waals surface area (Å²) in [5.74, 6) is 0. The number of hydrogen-bond donors (Lipinski definition) is 0. The zero-order valence-electron chi connectivity index (χ0n) is 24.4. The third kappa shape index (κ3) is 3.07. The molecule has 0 radical (unpaired) electrons. The van der Waals surface area contributed by atoms with E-state index in [0.29, 0.717) is 10.9 Å². The standard InChI is InChI=1S/C36H24N2/c1-2-11-25(12-3-1)26-13-10-14-27(23-26)37-35-20-9-6-17-31(35)32-24-28(21-22-36(32)37)38-33-18-7-4-15-29(33)30-16-5-8-19-34(30)38/h1-24H/i4D,7D,15D,18D. The molecule has 2 nitrogen and oxygen atoms in total. The number of para-hydroxylation sites is 3. The van der Waals surface area contributed by atoms with Gasteiger partial charge < -0.3 is 9.13 Å². The number of nitrogens with zero attached hydrogens (tertiary/aromatic N) is 2. The second-order valence-electron chi connectivity index (χ2n) is 9.55. The van der Waals surface area contributed by atoms with Crippen molar-refractivity contribution in [2.75, 3.05) is 0 Å². The van der Waals surface area contributed by atoms with Crippen molar-refractivity contribution in [2.45, 2.75) is 0 Å². The lowest BCUT2D eigenvalue weighted by atomic mass is 10.1. The van der Waals surface area contributed by atoms with Crippen molar-refractivity contribution >= 4 is 43.6 Å². The minimum absolute atomic E-state index is 0.0167. The molecule has 8 aromatic rings. The molecule has 8 rings (SSSR count). The first kappa shape index (κ1) is 17.4. The Bertz CT molecular complexity index is 2350. The predicted octanol–water partition coefficient (Wildman–Crippen LogP) is 9.55. The summed E-state index contributed by atoms with van der Waals surface area (Å²) in [5.41, 5.74) is 7.72. The van der Waals surface area contributed by atoms with Crippen LogP contribution in [0.4, 0.5) is 0 Å². The van der Waals surface area contributed by atoms with Gasteiger partial charge >= 0.3 is 0 Å². The van der Waals surface area contributed by atoms with Crippen molar-refractivity contribution in [3.8, 4) is 22.5 Å². The molecule has 0 spiro atoms. The molecule has 0 atom stereocenters. The maximum absolute atomic E-state index is 8.83. The number of benzene rings is 6. The SMILES string of the molecule is [2H]c1c([2H])c([2H])c2c(c1[2H])c1ccccc1n2-c1ccc2c(c1)c1ccccc1n2-c1cccc(-c2ccccc2)c1. The van der Waals surface area contributed by atoms with E-state index in [1.165, 1.54) is 5.56 Å². The highest BCUT2D eigenvalue weighted by atomic mass is 15.0. The highest BCUT2D eigenvalue weighted by Gasteiger charge is 2.16. The van der Waals surface area contributed by atoms with E-state index >= 15 is 0 Å². The Hall–Kier alpha value is -5.08. The van der Waals surface area contributed by atoms with Crippen LogP contribution in [0, 0.1) is 0 Å². The van der Waals surface area contributed by atoms with Crippen molar-refractivity contribution in [3.63, 3.8) is 0 Å². The molecule has 0 aliphatic heterocycles. The topological polar surface area (TPSA) is 9.86 Å². The van der Waals surface area contributed by atoms with Gasteiger partial charge in [0.15, 0.2) is 0 Å². The number of hydrogen-bond acceptors (Lipinski definition) is 0. The Kier molecular flexibility index (Phi) is 3.76. The van der Waals surface area contributed by atoms with Crippen LogP contribution in [0.15, 0.2) is 145 Å². The lowest BCUT2D eigenvalue weighted by Gasteiger charge is -2.11. The molecule has 2 aromatic heterocycles. The minimum Gasteiger partial charge on any atom is -0.309 e. The first-order valence-electron chi connectivity index (χ1n) is 14.7. The van der Waals surface area contributed by atoms with Gasteiger partial charge in [-0.2, -0.15) is 0 Å². The van der Waals surface area contributed by atoms with Gasteiger partial charge in [0.2, 0.25) is 0 Å². The number of aromatic nitrogens is 2. The van der Waals surface area contributed by atoms with E-state index < -0.39 is 0 Å². The Labute approximate surface area is 226 Å². The van der Waals surface area contributed by atoms with Gasteiger partial charge in [0.1, 0.15) is 0 Å². The monoisotopic (exact) mass is 488 g/mol. The van der Waals surface area contributed by atoms with Crippen LogP contribution in [-0.2, 0) is 0 Å². The second-order valence-corrected chi connectivity index (χ2v) is 9.55. The molecule has 2 heteroatoms. The van der Waals surface area contributed by atoms with Crippen LogP contribution in [0.2, 0.25) is 0 Å². The molecule has 2 heterocycles. The summed E-state index contributed by atoms with van der Waals surface area (Å²) in [5, 5.41) is 3.53. The largest absolute Gasteiger partial charge is 0.309 e. The third-order valence-corrected chi connectivity index (χ3v) is 7.43. The van der Waals surface area contributed by atoms with E-state index in [1.807, 2.05) is 41.0 Å². The summed E-state index contributed by atoms with van der Waals surface area (Å²) in [6.45, 7) is 0. The normalized spacial score (nSPS) is 13.2. The molecule has 0 unspecified atom stereocenters. The molecule has 0 bridgehead atoms. The van der Waals surface area contributed by atoms with Crippen LogP contribution in [-0.4, -0.2) is 9.13 Å². The van der Waals surface area contributed by atoms with Gasteiger partial charge in [-0.05, 0) is 59.6 Å². The van der Waals surface area contributed by atoms with Gasteiger partial charge in [0, 0.05) is 32.9 Å². The Morgan fingerprint density at radius 3 is 1.82 bits per heavy atom. The van der Waals surface area contributed by atoms with Gasteiger partial charge in [0.05, 0.1) is 27.5 Å². The van der Waals surface area contributed by atoms with Crippen LogP contribution in [0.25, 0.3) is 66.1 Å². The Morgan fingerprint density at radius 2 is 1.00 bits per heavy atom.